The van der Waals surface area contributed by atoms with Crippen LogP contribution >= 0.6 is 11.6 Å². The Morgan fingerprint density at radius 3 is 2.35 bits per heavy atom. The molecule has 20 heavy (non-hydrogen) atoms. The SMILES string of the molecule is COCc1ccc(CN[C@H](C)c2ccccc2Cl)cc1. The molecule has 0 spiro atoms. The lowest BCUT2D eigenvalue weighted by molar-refractivity contribution is 0.185. The minimum atomic E-state index is 0.224. The first-order chi connectivity index (χ1) is 9.70. The fourth-order valence-corrected chi connectivity index (χ4v) is 2.43. The summed E-state index contributed by atoms with van der Waals surface area (Å²) in [6.07, 6.45) is 0. The quantitative estimate of drug-likeness (QED) is 0.854. The highest BCUT2D eigenvalue weighted by atomic mass is 35.5. The van der Waals surface area contributed by atoms with Crippen molar-refractivity contribution < 1.29 is 4.74 Å². The zero-order valence-electron chi connectivity index (χ0n) is 11.9. The zero-order chi connectivity index (χ0) is 14.4. The van der Waals surface area contributed by atoms with Crippen molar-refractivity contribution in [2.24, 2.45) is 0 Å². The summed E-state index contributed by atoms with van der Waals surface area (Å²) in [4.78, 5) is 0. The molecular weight excluding hydrogens is 270 g/mol. The molecule has 0 unspecified atom stereocenters. The lowest BCUT2D eigenvalue weighted by atomic mass is 10.1. The lowest BCUT2D eigenvalue weighted by Crippen LogP contribution is -2.18. The predicted molar refractivity (Wildman–Crippen MR) is 83.9 cm³/mol. The van der Waals surface area contributed by atoms with Gasteiger partial charge in [0.15, 0.2) is 0 Å². The lowest BCUT2D eigenvalue weighted by Gasteiger charge is -2.15. The van der Waals surface area contributed by atoms with E-state index in [1.165, 1.54) is 11.1 Å². The highest BCUT2D eigenvalue weighted by Crippen LogP contribution is 2.22. The highest BCUT2D eigenvalue weighted by Gasteiger charge is 2.08. The summed E-state index contributed by atoms with van der Waals surface area (Å²) in [5.41, 5.74) is 3.57. The van der Waals surface area contributed by atoms with Crippen LogP contribution in [0.3, 0.4) is 0 Å². The number of hydrogen-bond acceptors (Lipinski definition) is 2. The summed E-state index contributed by atoms with van der Waals surface area (Å²) in [6, 6.07) is 16.6. The first-order valence-electron chi connectivity index (χ1n) is 6.75. The fourth-order valence-electron chi connectivity index (χ4n) is 2.13. The highest BCUT2D eigenvalue weighted by molar-refractivity contribution is 6.31. The summed E-state index contributed by atoms with van der Waals surface area (Å²) in [5.74, 6) is 0. The second kappa shape index (κ2) is 7.44. The molecule has 0 saturated carbocycles. The van der Waals surface area contributed by atoms with Gasteiger partial charge in [0.2, 0.25) is 0 Å². The zero-order valence-corrected chi connectivity index (χ0v) is 12.7. The predicted octanol–water partition coefficient (Wildman–Crippen LogP) is 4.34. The van der Waals surface area contributed by atoms with Gasteiger partial charge < -0.3 is 10.1 Å². The van der Waals surface area contributed by atoms with Crippen LogP contribution in [0.5, 0.6) is 0 Å². The molecule has 2 aromatic carbocycles. The van der Waals surface area contributed by atoms with Crippen molar-refractivity contribution in [3.8, 4) is 0 Å². The van der Waals surface area contributed by atoms with Gasteiger partial charge in [-0.05, 0) is 29.7 Å². The minimum Gasteiger partial charge on any atom is -0.380 e. The van der Waals surface area contributed by atoms with E-state index in [1.807, 2.05) is 18.2 Å². The average molecular weight is 290 g/mol. The second-order valence-electron chi connectivity index (χ2n) is 4.87. The van der Waals surface area contributed by atoms with Gasteiger partial charge in [-0.1, -0.05) is 54.1 Å². The van der Waals surface area contributed by atoms with Crippen LogP contribution < -0.4 is 5.32 Å². The maximum Gasteiger partial charge on any atom is 0.0713 e. The van der Waals surface area contributed by atoms with Gasteiger partial charge in [-0.3, -0.25) is 0 Å². The third kappa shape index (κ3) is 4.07. The molecule has 1 atom stereocenters. The van der Waals surface area contributed by atoms with E-state index >= 15 is 0 Å². The number of halogens is 1. The number of benzene rings is 2. The minimum absolute atomic E-state index is 0.224. The number of nitrogens with one attached hydrogen (secondary N) is 1. The molecule has 2 nitrogen and oxygen atoms in total. The monoisotopic (exact) mass is 289 g/mol. The molecule has 0 fully saturated rings. The van der Waals surface area contributed by atoms with E-state index in [9.17, 15) is 0 Å². The summed E-state index contributed by atoms with van der Waals surface area (Å²) in [5, 5.41) is 4.30. The molecule has 0 aliphatic carbocycles. The summed E-state index contributed by atoms with van der Waals surface area (Å²) >= 11 is 6.20. The van der Waals surface area contributed by atoms with Crippen LogP contribution in [0, 0.1) is 0 Å². The third-order valence-corrected chi connectivity index (χ3v) is 3.66. The van der Waals surface area contributed by atoms with Gasteiger partial charge in [-0.2, -0.15) is 0 Å². The molecule has 0 aromatic heterocycles. The normalized spacial score (nSPS) is 12.3. The molecule has 0 saturated heterocycles. The maximum atomic E-state index is 6.20. The summed E-state index contributed by atoms with van der Waals surface area (Å²) in [7, 11) is 1.71. The Kier molecular flexibility index (Phi) is 5.60. The fraction of sp³-hybridized carbons (Fsp3) is 0.294. The van der Waals surface area contributed by atoms with E-state index < -0.39 is 0 Å². The number of rotatable bonds is 6. The molecule has 0 amide bonds. The van der Waals surface area contributed by atoms with Gasteiger partial charge in [0.05, 0.1) is 6.61 Å². The molecule has 2 aromatic rings. The van der Waals surface area contributed by atoms with Crippen LogP contribution in [0.1, 0.15) is 29.7 Å². The molecule has 0 aliphatic heterocycles. The van der Waals surface area contributed by atoms with E-state index in [1.54, 1.807) is 7.11 Å². The van der Waals surface area contributed by atoms with Crippen LogP contribution in [0.25, 0.3) is 0 Å². The topological polar surface area (TPSA) is 21.3 Å². The van der Waals surface area contributed by atoms with Crippen LogP contribution in [0.4, 0.5) is 0 Å². The Balaban J connectivity index is 1.93. The molecule has 3 heteroatoms. The molecular formula is C17H20ClNO. The van der Waals surface area contributed by atoms with Crippen molar-refractivity contribution in [1.82, 2.24) is 5.32 Å². The van der Waals surface area contributed by atoms with Gasteiger partial charge in [-0.15, -0.1) is 0 Å². The molecule has 0 bridgehead atoms. The number of methoxy groups -OCH3 is 1. The Morgan fingerprint density at radius 2 is 1.70 bits per heavy atom. The standard InChI is InChI=1S/C17H20ClNO/c1-13(16-5-3-4-6-17(16)18)19-11-14-7-9-15(10-8-14)12-20-2/h3-10,13,19H,11-12H2,1-2H3/t13-/m1/s1. The Labute approximate surface area is 125 Å². The van der Waals surface area contributed by atoms with E-state index in [2.05, 4.69) is 42.6 Å². The molecule has 106 valence electrons. The van der Waals surface area contributed by atoms with Crippen LogP contribution in [0.2, 0.25) is 5.02 Å². The van der Waals surface area contributed by atoms with E-state index in [-0.39, 0.29) is 6.04 Å². The number of ether oxygens (including phenoxy) is 1. The van der Waals surface area contributed by atoms with Crippen molar-refractivity contribution in [1.29, 1.82) is 0 Å². The van der Waals surface area contributed by atoms with Gasteiger partial charge in [-0.25, -0.2) is 0 Å². The van der Waals surface area contributed by atoms with E-state index in [4.69, 9.17) is 16.3 Å². The molecule has 0 radical (unpaired) electrons. The number of hydrogen-bond donors (Lipinski definition) is 1. The smallest absolute Gasteiger partial charge is 0.0713 e. The first-order valence-corrected chi connectivity index (χ1v) is 7.13. The summed E-state index contributed by atoms with van der Waals surface area (Å²) < 4.78 is 5.11. The van der Waals surface area contributed by atoms with E-state index in [0.717, 1.165) is 17.1 Å². The molecule has 2 rings (SSSR count). The van der Waals surface area contributed by atoms with Crippen LogP contribution in [0.15, 0.2) is 48.5 Å². The van der Waals surface area contributed by atoms with E-state index in [0.29, 0.717) is 6.61 Å². The Morgan fingerprint density at radius 1 is 1.05 bits per heavy atom. The van der Waals surface area contributed by atoms with Gasteiger partial charge >= 0.3 is 0 Å². The Hall–Kier alpha value is -1.35. The third-order valence-electron chi connectivity index (χ3n) is 3.32. The van der Waals surface area contributed by atoms with Gasteiger partial charge in [0.1, 0.15) is 0 Å². The van der Waals surface area contributed by atoms with Crippen molar-refractivity contribution >= 4 is 11.6 Å². The Bertz CT molecular complexity index is 539. The van der Waals surface area contributed by atoms with Crippen LogP contribution in [-0.4, -0.2) is 7.11 Å². The summed E-state index contributed by atoms with van der Waals surface area (Å²) in [6.45, 7) is 3.60. The van der Waals surface area contributed by atoms with Crippen molar-refractivity contribution in [2.75, 3.05) is 7.11 Å². The average Bonchev–Trinajstić information content (AvgIpc) is 2.47. The second-order valence-corrected chi connectivity index (χ2v) is 5.28. The van der Waals surface area contributed by atoms with Crippen molar-refractivity contribution in [3.05, 3.63) is 70.2 Å². The largest absolute Gasteiger partial charge is 0.380 e. The van der Waals surface area contributed by atoms with Crippen molar-refractivity contribution in [2.45, 2.75) is 26.1 Å². The van der Waals surface area contributed by atoms with Crippen molar-refractivity contribution in [3.63, 3.8) is 0 Å². The molecule has 0 aliphatic rings. The van der Waals surface area contributed by atoms with Gasteiger partial charge in [0.25, 0.3) is 0 Å². The maximum absolute atomic E-state index is 6.20. The first kappa shape index (κ1) is 15.0. The molecule has 1 N–H and O–H groups in total. The van der Waals surface area contributed by atoms with Crippen LogP contribution in [-0.2, 0) is 17.9 Å². The van der Waals surface area contributed by atoms with Gasteiger partial charge in [0, 0.05) is 24.7 Å². The molecule has 0 heterocycles.